The maximum absolute atomic E-state index is 10.2. The molecule has 130 valence electrons. The molecular formula is C22H24BrNO. The standard InChI is InChI=1S/C22H24BrNO/c1-15(23)14-24-11-10-22(18-6-4-3-5-7-18)16(2)21(24)12-17-8-9-19(25)13-20(17)22/h3-9,13,16,21,25H,1,10-12,14H2,2H3. The molecule has 3 unspecified atom stereocenters. The van der Waals surface area contributed by atoms with Crippen molar-refractivity contribution in [2.24, 2.45) is 5.92 Å². The maximum atomic E-state index is 10.2. The second-order valence-corrected chi connectivity index (χ2v) is 8.60. The Hall–Kier alpha value is -1.58. The van der Waals surface area contributed by atoms with E-state index in [1.807, 2.05) is 12.1 Å². The van der Waals surface area contributed by atoms with Gasteiger partial charge in [0, 0.05) is 29.0 Å². The van der Waals surface area contributed by atoms with Crippen LogP contribution >= 0.6 is 15.9 Å². The molecule has 4 rings (SSSR count). The van der Waals surface area contributed by atoms with Crippen molar-refractivity contribution >= 4 is 15.9 Å². The highest BCUT2D eigenvalue weighted by molar-refractivity contribution is 9.11. The van der Waals surface area contributed by atoms with Gasteiger partial charge in [0.05, 0.1) is 0 Å². The summed E-state index contributed by atoms with van der Waals surface area (Å²) in [4.78, 5) is 2.57. The molecule has 1 N–H and O–H groups in total. The van der Waals surface area contributed by atoms with E-state index in [1.54, 1.807) is 0 Å². The molecule has 1 fully saturated rings. The Labute approximate surface area is 158 Å². The van der Waals surface area contributed by atoms with E-state index in [0.29, 0.717) is 17.7 Å². The quantitative estimate of drug-likeness (QED) is 0.799. The summed E-state index contributed by atoms with van der Waals surface area (Å²) in [5, 5.41) is 10.2. The highest BCUT2D eigenvalue weighted by Crippen LogP contribution is 2.53. The number of hydrogen-bond acceptors (Lipinski definition) is 2. The molecule has 1 saturated heterocycles. The average molecular weight is 398 g/mol. The number of rotatable bonds is 3. The smallest absolute Gasteiger partial charge is 0.115 e. The fourth-order valence-electron chi connectivity index (χ4n) is 5.14. The van der Waals surface area contributed by atoms with Crippen LogP contribution in [0.1, 0.15) is 30.0 Å². The zero-order chi connectivity index (χ0) is 17.6. The summed E-state index contributed by atoms with van der Waals surface area (Å²) in [6.45, 7) is 8.38. The van der Waals surface area contributed by atoms with Crippen LogP contribution in [0.3, 0.4) is 0 Å². The van der Waals surface area contributed by atoms with E-state index < -0.39 is 0 Å². The Morgan fingerprint density at radius 3 is 2.76 bits per heavy atom. The van der Waals surface area contributed by atoms with Gasteiger partial charge in [0.2, 0.25) is 0 Å². The first kappa shape index (κ1) is 16.9. The average Bonchev–Trinajstić information content (AvgIpc) is 2.59. The summed E-state index contributed by atoms with van der Waals surface area (Å²) in [6, 6.07) is 17.3. The Bertz CT molecular complexity index is 803. The number of fused-ring (bicyclic) bond motifs is 4. The number of phenolic OH excluding ortho intramolecular Hbond substituents is 1. The van der Waals surface area contributed by atoms with Crippen molar-refractivity contribution in [1.82, 2.24) is 4.90 Å². The monoisotopic (exact) mass is 397 g/mol. The van der Waals surface area contributed by atoms with Gasteiger partial charge in [-0.15, -0.1) is 0 Å². The molecule has 1 heterocycles. The first-order valence-corrected chi connectivity index (χ1v) is 9.77. The van der Waals surface area contributed by atoms with Gasteiger partial charge < -0.3 is 5.11 Å². The number of piperidine rings is 1. The fourth-order valence-corrected chi connectivity index (χ4v) is 5.46. The third-order valence-electron chi connectivity index (χ3n) is 6.28. The van der Waals surface area contributed by atoms with Gasteiger partial charge >= 0.3 is 0 Å². The molecule has 2 nitrogen and oxygen atoms in total. The Morgan fingerprint density at radius 2 is 2.04 bits per heavy atom. The van der Waals surface area contributed by atoms with Crippen LogP contribution in [-0.2, 0) is 11.8 Å². The van der Waals surface area contributed by atoms with Crippen LogP contribution < -0.4 is 0 Å². The molecular weight excluding hydrogens is 374 g/mol. The first-order chi connectivity index (χ1) is 12.0. The van der Waals surface area contributed by atoms with Gasteiger partial charge in [0.1, 0.15) is 5.75 Å². The Balaban J connectivity index is 1.89. The molecule has 0 amide bonds. The second kappa shape index (κ2) is 6.30. The van der Waals surface area contributed by atoms with Crippen molar-refractivity contribution in [2.45, 2.75) is 31.2 Å². The number of aromatic hydroxyl groups is 1. The molecule has 2 aromatic rings. The van der Waals surface area contributed by atoms with Gasteiger partial charge in [-0.2, -0.15) is 0 Å². The topological polar surface area (TPSA) is 23.5 Å². The van der Waals surface area contributed by atoms with Crippen LogP contribution in [0.25, 0.3) is 0 Å². The summed E-state index contributed by atoms with van der Waals surface area (Å²) in [5.74, 6) is 0.848. The zero-order valence-electron chi connectivity index (χ0n) is 14.6. The lowest BCUT2D eigenvalue weighted by Gasteiger charge is -2.56. The van der Waals surface area contributed by atoms with Gasteiger partial charge in [-0.25, -0.2) is 0 Å². The lowest BCUT2D eigenvalue weighted by Crippen LogP contribution is -2.59. The molecule has 25 heavy (non-hydrogen) atoms. The van der Waals surface area contributed by atoms with E-state index in [9.17, 15) is 5.11 Å². The van der Waals surface area contributed by atoms with E-state index in [4.69, 9.17) is 0 Å². The summed E-state index contributed by atoms with van der Waals surface area (Å²) >= 11 is 3.55. The molecule has 0 spiro atoms. The van der Waals surface area contributed by atoms with Crippen molar-refractivity contribution < 1.29 is 5.11 Å². The number of benzene rings is 2. The highest BCUT2D eigenvalue weighted by Gasteiger charge is 2.52. The zero-order valence-corrected chi connectivity index (χ0v) is 16.2. The molecule has 3 atom stereocenters. The Kier molecular flexibility index (Phi) is 4.25. The van der Waals surface area contributed by atoms with E-state index in [-0.39, 0.29) is 5.41 Å². The van der Waals surface area contributed by atoms with Crippen LogP contribution in [0, 0.1) is 5.92 Å². The lowest BCUT2D eigenvalue weighted by molar-refractivity contribution is 0.0494. The number of hydrogen-bond donors (Lipinski definition) is 1. The Morgan fingerprint density at radius 1 is 1.28 bits per heavy atom. The molecule has 0 saturated carbocycles. The minimum Gasteiger partial charge on any atom is -0.508 e. The van der Waals surface area contributed by atoms with Gasteiger partial charge in [0.15, 0.2) is 0 Å². The summed E-state index contributed by atoms with van der Waals surface area (Å²) in [5.41, 5.74) is 4.04. The SMILES string of the molecule is C=C(Br)CN1CCC2(c3ccccc3)c3cc(O)ccc3CC1C2C. The van der Waals surface area contributed by atoms with Crippen LogP contribution in [0.5, 0.6) is 5.75 Å². The van der Waals surface area contributed by atoms with Crippen molar-refractivity contribution in [3.63, 3.8) is 0 Å². The van der Waals surface area contributed by atoms with Gasteiger partial charge in [-0.05, 0) is 47.6 Å². The number of halogens is 1. The van der Waals surface area contributed by atoms with E-state index in [1.165, 1.54) is 16.7 Å². The molecule has 2 aliphatic rings. The minimum atomic E-state index is -0.0254. The molecule has 1 aliphatic heterocycles. The minimum absolute atomic E-state index is 0.0254. The highest BCUT2D eigenvalue weighted by atomic mass is 79.9. The molecule has 0 aromatic heterocycles. The molecule has 3 heteroatoms. The predicted molar refractivity (Wildman–Crippen MR) is 106 cm³/mol. The molecule has 1 aliphatic carbocycles. The van der Waals surface area contributed by atoms with E-state index in [2.05, 4.69) is 70.7 Å². The van der Waals surface area contributed by atoms with E-state index in [0.717, 1.165) is 30.4 Å². The fraction of sp³-hybridized carbons (Fsp3) is 0.364. The number of nitrogens with zero attached hydrogens (tertiary/aromatic N) is 1. The second-order valence-electron chi connectivity index (χ2n) is 7.48. The van der Waals surface area contributed by atoms with Crippen LogP contribution in [0.15, 0.2) is 59.6 Å². The molecule has 2 aromatic carbocycles. The molecule has 0 radical (unpaired) electrons. The summed E-state index contributed by atoms with van der Waals surface area (Å²) in [6.07, 6.45) is 2.09. The van der Waals surface area contributed by atoms with Crippen LogP contribution in [0.4, 0.5) is 0 Å². The normalized spacial score (nSPS) is 28.4. The lowest BCUT2D eigenvalue weighted by atomic mass is 9.55. The van der Waals surface area contributed by atoms with Crippen molar-refractivity contribution in [2.75, 3.05) is 13.1 Å². The maximum Gasteiger partial charge on any atom is 0.115 e. The van der Waals surface area contributed by atoms with Gasteiger partial charge in [0.25, 0.3) is 0 Å². The summed E-state index contributed by atoms with van der Waals surface area (Å²) in [7, 11) is 0. The summed E-state index contributed by atoms with van der Waals surface area (Å²) < 4.78 is 1.04. The largest absolute Gasteiger partial charge is 0.508 e. The van der Waals surface area contributed by atoms with Crippen LogP contribution in [-0.4, -0.2) is 29.1 Å². The predicted octanol–water partition coefficient (Wildman–Crippen LogP) is 4.85. The first-order valence-electron chi connectivity index (χ1n) is 8.97. The third-order valence-corrected chi connectivity index (χ3v) is 6.53. The van der Waals surface area contributed by atoms with Crippen molar-refractivity contribution in [3.05, 3.63) is 76.3 Å². The van der Waals surface area contributed by atoms with Crippen molar-refractivity contribution in [3.8, 4) is 5.75 Å². The van der Waals surface area contributed by atoms with Gasteiger partial charge in [-0.1, -0.05) is 65.8 Å². The number of phenols is 1. The third kappa shape index (κ3) is 2.65. The van der Waals surface area contributed by atoms with Crippen LogP contribution in [0.2, 0.25) is 0 Å². The van der Waals surface area contributed by atoms with E-state index >= 15 is 0 Å². The van der Waals surface area contributed by atoms with Gasteiger partial charge in [-0.3, -0.25) is 4.90 Å². The number of likely N-dealkylation sites (tertiary alicyclic amines) is 1. The van der Waals surface area contributed by atoms with Crippen molar-refractivity contribution in [1.29, 1.82) is 0 Å². The molecule has 2 bridgehead atoms.